The van der Waals surface area contributed by atoms with Crippen LogP contribution in [0.5, 0.6) is 0 Å². The van der Waals surface area contributed by atoms with Crippen molar-refractivity contribution in [3.05, 3.63) is 28.2 Å². The van der Waals surface area contributed by atoms with Crippen LogP contribution in [-0.4, -0.2) is 25.2 Å². The van der Waals surface area contributed by atoms with Gasteiger partial charge < -0.3 is 10.2 Å². The quantitative estimate of drug-likeness (QED) is 0.893. The first-order valence-electron chi connectivity index (χ1n) is 6.80. The van der Waals surface area contributed by atoms with Crippen LogP contribution >= 0.6 is 15.9 Å². The summed E-state index contributed by atoms with van der Waals surface area (Å²) in [7, 11) is 0. The summed E-state index contributed by atoms with van der Waals surface area (Å²) in [6, 6.07) is 5.16. The minimum atomic E-state index is -4.30. The van der Waals surface area contributed by atoms with Crippen LogP contribution < -0.4 is 10.2 Å². The van der Waals surface area contributed by atoms with Crippen molar-refractivity contribution in [1.82, 2.24) is 5.32 Å². The predicted octanol–water partition coefficient (Wildman–Crippen LogP) is 3.80. The molecule has 1 heterocycles. The molecule has 1 aromatic carbocycles. The van der Waals surface area contributed by atoms with Gasteiger partial charge in [0.25, 0.3) is 0 Å². The molecule has 20 heavy (non-hydrogen) atoms. The summed E-state index contributed by atoms with van der Waals surface area (Å²) in [6.07, 6.45) is -0.856. The second-order valence-electron chi connectivity index (χ2n) is 5.57. The molecule has 0 radical (unpaired) electrons. The fourth-order valence-electron chi connectivity index (χ4n) is 2.63. The lowest BCUT2D eigenvalue weighted by Crippen LogP contribution is -2.34. The maximum Gasteiger partial charge on any atom is 0.416 e. The van der Waals surface area contributed by atoms with Gasteiger partial charge in [-0.15, -0.1) is 0 Å². The number of nitrogens with zero attached hydrogens (tertiary/aromatic N) is 1. The molecule has 1 saturated heterocycles. The molecule has 0 bridgehead atoms. The van der Waals surface area contributed by atoms with Crippen LogP contribution in [-0.2, 0) is 6.18 Å². The Morgan fingerprint density at radius 2 is 1.85 bits per heavy atom. The van der Waals surface area contributed by atoms with Crippen LogP contribution in [0.25, 0.3) is 0 Å². The Morgan fingerprint density at radius 1 is 1.10 bits per heavy atom. The molecule has 1 atom stereocenters. The van der Waals surface area contributed by atoms with Crippen LogP contribution in [0.2, 0.25) is 0 Å². The van der Waals surface area contributed by atoms with Crippen molar-refractivity contribution >= 4 is 21.6 Å². The van der Waals surface area contributed by atoms with E-state index in [1.807, 2.05) is 4.90 Å². The predicted molar refractivity (Wildman–Crippen MR) is 75.9 cm³/mol. The highest BCUT2D eigenvalue weighted by molar-refractivity contribution is 9.10. The zero-order chi connectivity index (χ0) is 14.3. The zero-order valence-electron chi connectivity index (χ0n) is 10.9. The van der Waals surface area contributed by atoms with E-state index >= 15 is 0 Å². The largest absolute Gasteiger partial charge is 0.416 e. The van der Waals surface area contributed by atoms with Crippen molar-refractivity contribution in [2.45, 2.75) is 37.5 Å². The summed E-state index contributed by atoms with van der Waals surface area (Å²) >= 11 is 3.18. The third-order valence-electron chi connectivity index (χ3n) is 3.81. The second-order valence-corrected chi connectivity index (χ2v) is 6.48. The van der Waals surface area contributed by atoms with Gasteiger partial charge in [0.05, 0.1) is 5.56 Å². The molecule has 1 unspecified atom stereocenters. The highest BCUT2D eigenvalue weighted by Crippen LogP contribution is 2.35. The van der Waals surface area contributed by atoms with E-state index in [1.165, 1.54) is 18.9 Å². The highest BCUT2D eigenvalue weighted by Gasteiger charge is 2.33. The first-order chi connectivity index (χ1) is 9.41. The van der Waals surface area contributed by atoms with E-state index < -0.39 is 11.7 Å². The van der Waals surface area contributed by atoms with E-state index in [1.54, 1.807) is 6.07 Å². The van der Waals surface area contributed by atoms with Crippen molar-refractivity contribution < 1.29 is 13.2 Å². The number of rotatable bonds is 3. The molecule has 2 aliphatic rings. The zero-order valence-corrected chi connectivity index (χ0v) is 12.5. The lowest BCUT2D eigenvalue weighted by molar-refractivity contribution is -0.137. The average Bonchev–Trinajstić information content (AvgIpc) is 3.03. The number of nitrogens with one attached hydrogen (secondary N) is 1. The van der Waals surface area contributed by atoms with Crippen LogP contribution in [0.3, 0.4) is 0 Å². The van der Waals surface area contributed by atoms with Gasteiger partial charge in [-0.3, -0.25) is 0 Å². The van der Waals surface area contributed by atoms with Crippen molar-refractivity contribution in [1.29, 1.82) is 0 Å². The van der Waals surface area contributed by atoms with Crippen molar-refractivity contribution in [3.63, 3.8) is 0 Å². The molecular weight excluding hydrogens is 333 g/mol. The van der Waals surface area contributed by atoms with Gasteiger partial charge in [0, 0.05) is 35.3 Å². The van der Waals surface area contributed by atoms with E-state index in [2.05, 4.69) is 21.2 Å². The van der Waals surface area contributed by atoms with Gasteiger partial charge in [-0.1, -0.05) is 15.9 Å². The topological polar surface area (TPSA) is 15.3 Å². The standard InChI is InChI=1S/C14H16BrF3N2/c15-10-5-9(14(16,17)18)6-13(7-10)20-4-3-12(8-20)19-11-1-2-11/h5-7,11-12,19H,1-4,8H2. The van der Waals surface area contributed by atoms with Gasteiger partial charge in [0.1, 0.15) is 0 Å². The first kappa shape index (κ1) is 14.2. The summed E-state index contributed by atoms with van der Waals surface area (Å²) in [4.78, 5) is 2.03. The molecule has 1 aliphatic carbocycles. The number of hydrogen-bond acceptors (Lipinski definition) is 2. The summed E-state index contributed by atoms with van der Waals surface area (Å²) in [5, 5.41) is 3.54. The molecule has 1 aromatic rings. The normalized spacial score (nSPS) is 23.4. The summed E-state index contributed by atoms with van der Waals surface area (Å²) in [5.41, 5.74) is 0.0484. The minimum absolute atomic E-state index is 0.399. The summed E-state index contributed by atoms with van der Waals surface area (Å²) in [5.74, 6) is 0. The van der Waals surface area contributed by atoms with Crippen LogP contribution in [0.15, 0.2) is 22.7 Å². The molecule has 3 rings (SSSR count). The second kappa shape index (κ2) is 5.22. The minimum Gasteiger partial charge on any atom is -0.370 e. The molecule has 1 aliphatic heterocycles. The summed E-state index contributed by atoms with van der Waals surface area (Å²) in [6.45, 7) is 1.59. The van der Waals surface area contributed by atoms with Crippen molar-refractivity contribution in [2.24, 2.45) is 0 Å². The van der Waals surface area contributed by atoms with Gasteiger partial charge in [-0.25, -0.2) is 0 Å². The Hall–Kier alpha value is -0.750. The van der Waals surface area contributed by atoms with E-state index in [-0.39, 0.29) is 0 Å². The molecule has 110 valence electrons. The monoisotopic (exact) mass is 348 g/mol. The number of anilines is 1. The molecular formula is C14H16BrF3N2. The Morgan fingerprint density at radius 3 is 2.50 bits per heavy atom. The van der Waals surface area contributed by atoms with Gasteiger partial charge in [-0.2, -0.15) is 13.2 Å². The summed E-state index contributed by atoms with van der Waals surface area (Å²) < 4.78 is 39.0. The maximum absolute atomic E-state index is 12.8. The van der Waals surface area contributed by atoms with Crippen molar-refractivity contribution in [3.8, 4) is 0 Å². The molecule has 0 aromatic heterocycles. The van der Waals surface area contributed by atoms with Gasteiger partial charge in [0.2, 0.25) is 0 Å². The van der Waals surface area contributed by atoms with E-state index in [9.17, 15) is 13.2 Å². The smallest absolute Gasteiger partial charge is 0.370 e. The molecule has 1 saturated carbocycles. The number of benzene rings is 1. The number of halogens is 4. The van der Waals surface area contributed by atoms with Gasteiger partial charge in [-0.05, 0) is 37.5 Å². The highest BCUT2D eigenvalue weighted by atomic mass is 79.9. The Balaban J connectivity index is 1.74. The Kier molecular flexibility index (Phi) is 3.71. The first-order valence-corrected chi connectivity index (χ1v) is 7.60. The lowest BCUT2D eigenvalue weighted by Gasteiger charge is -2.21. The van der Waals surface area contributed by atoms with Gasteiger partial charge >= 0.3 is 6.18 Å². The maximum atomic E-state index is 12.8. The third kappa shape index (κ3) is 3.28. The third-order valence-corrected chi connectivity index (χ3v) is 4.27. The Bertz CT molecular complexity index is 500. The molecule has 0 spiro atoms. The molecule has 0 amide bonds. The fraction of sp³-hybridized carbons (Fsp3) is 0.571. The van der Waals surface area contributed by atoms with Crippen LogP contribution in [0.4, 0.5) is 18.9 Å². The Labute approximate surface area is 124 Å². The lowest BCUT2D eigenvalue weighted by atomic mass is 10.2. The number of alkyl halides is 3. The molecule has 6 heteroatoms. The van der Waals surface area contributed by atoms with Gasteiger partial charge in [0.15, 0.2) is 0 Å². The van der Waals surface area contributed by atoms with Crippen LogP contribution in [0, 0.1) is 0 Å². The average molecular weight is 349 g/mol. The van der Waals surface area contributed by atoms with E-state index in [4.69, 9.17) is 0 Å². The molecule has 2 fully saturated rings. The van der Waals surface area contributed by atoms with E-state index in [0.29, 0.717) is 22.2 Å². The van der Waals surface area contributed by atoms with Crippen molar-refractivity contribution in [2.75, 3.05) is 18.0 Å². The molecule has 2 nitrogen and oxygen atoms in total. The fourth-order valence-corrected chi connectivity index (χ4v) is 3.12. The van der Waals surface area contributed by atoms with Crippen LogP contribution in [0.1, 0.15) is 24.8 Å². The van der Waals surface area contributed by atoms with E-state index in [0.717, 1.165) is 25.6 Å². The SMILES string of the molecule is FC(F)(F)c1cc(Br)cc(N2CCC(NC3CC3)C2)c1. The number of hydrogen-bond donors (Lipinski definition) is 1. The molecule has 1 N–H and O–H groups in total.